The minimum Gasteiger partial charge on any atom is -0.475 e. The van der Waals surface area contributed by atoms with Gasteiger partial charge in [-0.05, 0) is 20.3 Å². The SMILES string of the molecule is CC(C)Oc1cc(NCCCS(C)(=O)=O)ncn1. The zero-order valence-electron chi connectivity index (χ0n) is 10.9. The Hall–Kier alpha value is -1.37. The second-order valence-electron chi connectivity index (χ2n) is 4.32. The van der Waals surface area contributed by atoms with E-state index >= 15 is 0 Å². The molecular weight excluding hydrogens is 254 g/mol. The zero-order chi connectivity index (χ0) is 13.6. The van der Waals surface area contributed by atoms with Crippen LogP contribution in [0, 0.1) is 0 Å². The van der Waals surface area contributed by atoms with Gasteiger partial charge in [0.1, 0.15) is 22.0 Å². The summed E-state index contributed by atoms with van der Waals surface area (Å²) in [5, 5.41) is 3.04. The number of rotatable bonds is 7. The summed E-state index contributed by atoms with van der Waals surface area (Å²) in [6.07, 6.45) is 3.24. The molecule has 0 spiro atoms. The van der Waals surface area contributed by atoms with Crippen LogP contribution in [0.5, 0.6) is 5.88 Å². The van der Waals surface area contributed by atoms with Gasteiger partial charge in [0.2, 0.25) is 5.88 Å². The summed E-state index contributed by atoms with van der Waals surface area (Å²) in [7, 11) is -2.90. The van der Waals surface area contributed by atoms with Gasteiger partial charge < -0.3 is 10.1 Å². The van der Waals surface area contributed by atoms with E-state index in [0.29, 0.717) is 24.7 Å². The van der Waals surface area contributed by atoms with Gasteiger partial charge in [-0.2, -0.15) is 0 Å². The lowest BCUT2D eigenvalue weighted by Crippen LogP contribution is -2.11. The molecule has 0 amide bonds. The van der Waals surface area contributed by atoms with Gasteiger partial charge in [-0.1, -0.05) is 0 Å². The van der Waals surface area contributed by atoms with Crippen molar-refractivity contribution in [3.05, 3.63) is 12.4 Å². The summed E-state index contributed by atoms with van der Waals surface area (Å²) >= 11 is 0. The van der Waals surface area contributed by atoms with Crippen LogP contribution in [0.2, 0.25) is 0 Å². The topological polar surface area (TPSA) is 81.2 Å². The Balaban J connectivity index is 2.43. The van der Waals surface area contributed by atoms with Crippen molar-refractivity contribution in [2.45, 2.75) is 26.4 Å². The quantitative estimate of drug-likeness (QED) is 0.749. The summed E-state index contributed by atoms with van der Waals surface area (Å²) < 4.78 is 27.3. The van der Waals surface area contributed by atoms with E-state index in [0.717, 1.165) is 0 Å². The van der Waals surface area contributed by atoms with Gasteiger partial charge in [0.15, 0.2) is 0 Å². The molecule has 0 bridgehead atoms. The summed E-state index contributed by atoms with van der Waals surface area (Å²) in [5.41, 5.74) is 0. The number of nitrogens with zero attached hydrogens (tertiary/aromatic N) is 2. The van der Waals surface area contributed by atoms with Crippen molar-refractivity contribution in [3.63, 3.8) is 0 Å². The van der Waals surface area contributed by atoms with Crippen LogP contribution in [0.15, 0.2) is 12.4 Å². The molecule has 102 valence electrons. The van der Waals surface area contributed by atoms with Crippen LogP contribution in [0.3, 0.4) is 0 Å². The van der Waals surface area contributed by atoms with E-state index in [2.05, 4.69) is 15.3 Å². The fraction of sp³-hybridized carbons (Fsp3) is 0.636. The molecule has 0 fully saturated rings. The molecule has 0 aliphatic carbocycles. The first-order chi connectivity index (χ1) is 8.37. The van der Waals surface area contributed by atoms with Crippen LogP contribution in [0.1, 0.15) is 20.3 Å². The molecule has 0 unspecified atom stereocenters. The Labute approximate surface area is 108 Å². The monoisotopic (exact) mass is 273 g/mol. The van der Waals surface area contributed by atoms with E-state index in [1.807, 2.05) is 13.8 Å². The lowest BCUT2D eigenvalue weighted by atomic mass is 10.4. The molecule has 1 aromatic heterocycles. The fourth-order valence-corrected chi connectivity index (χ4v) is 1.96. The Morgan fingerprint density at radius 1 is 1.39 bits per heavy atom. The second kappa shape index (κ2) is 6.53. The lowest BCUT2D eigenvalue weighted by Gasteiger charge is -2.10. The highest BCUT2D eigenvalue weighted by atomic mass is 32.2. The largest absolute Gasteiger partial charge is 0.475 e. The third-order valence-corrected chi connectivity index (χ3v) is 3.03. The maximum absolute atomic E-state index is 10.9. The third kappa shape index (κ3) is 6.39. The molecule has 6 nitrogen and oxygen atoms in total. The minimum atomic E-state index is -2.90. The summed E-state index contributed by atoms with van der Waals surface area (Å²) in [6, 6.07) is 1.69. The lowest BCUT2D eigenvalue weighted by molar-refractivity contribution is 0.232. The Bertz CT molecular complexity index is 474. The van der Waals surface area contributed by atoms with Crippen LogP contribution in [0.25, 0.3) is 0 Å². The van der Waals surface area contributed by atoms with Crippen LogP contribution in [-0.2, 0) is 9.84 Å². The molecule has 1 aromatic rings. The molecule has 1 N–H and O–H groups in total. The fourth-order valence-electron chi connectivity index (χ4n) is 1.29. The van der Waals surface area contributed by atoms with Crippen molar-refractivity contribution in [2.24, 2.45) is 0 Å². The number of nitrogens with one attached hydrogen (secondary N) is 1. The van der Waals surface area contributed by atoms with Crippen LogP contribution >= 0.6 is 0 Å². The Kier molecular flexibility index (Phi) is 5.33. The Morgan fingerprint density at radius 3 is 2.72 bits per heavy atom. The van der Waals surface area contributed by atoms with Crippen LogP contribution in [-0.4, -0.2) is 43.0 Å². The molecular formula is C11H19N3O3S. The number of hydrogen-bond donors (Lipinski definition) is 1. The first kappa shape index (κ1) is 14.7. The average Bonchev–Trinajstić information content (AvgIpc) is 2.23. The first-order valence-electron chi connectivity index (χ1n) is 5.77. The molecule has 0 aliphatic rings. The highest BCUT2D eigenvalue weighted by Gasteiger charge is 2.03. The van der Waals surface area contributed by atoms with Crippen molar-refractivity contribution >= 4 is 15.7 Å². The van der Waals surface area contributed by atoms with Gasteiger partial charge in [0.25, 0.3) is 0 Å². The number of ether oxygens (including phenoxy) is 1. The normalized spacial score (nSPS) is 11.6. The molecule has 0 atom stereocenters. The molecule has 0 radical (unpaired) electrons. The van der Waals surface area contributed by atoms with Gasteiger partial charge in [0, 0.05) is 18.9 Å². The molecule has 0 aromatic carbocycles. The third-order valence-electron chi connectivity index (χ3n) is 2.00. The number of anilines is 1. The molecule has 1 rings (SSSR count). The van der Waals surface area contributed by atoms with Crippen molar-refractivity contribution in [2.75, 3.05) is 23.9 Å². The summed E-state index contributed by atoms with van der Waals surface area (Å²) in [5.74, 6) is 1.31. The van der Waals surface area contributed by atoms with Gasteiger partial charge in [-0.3, -0.25) is 0 Å². The first-order valence-corrected chi connectivity index (χ1v) is 7.83. The van der Waals surface area contributed by atoms with Crippen LogP contribution in [0.4, 0.5) is 5.82 Å². The van der Waals surface area contributed by atoms with Gasteiger partial charge in [-0.25, -0.2) is 18.4 Å². The summed E-state index contributed by atoms with van der Waals surface area (Å²) in [4.78, 5) is 8.01. The zero-order valence-corrected chi connectivity index (χ0v) is 11.7. The average molecular weight is 273 g/mol. The van der Waals surface area contributed by atoms with Crippen molar-refractivity contribution in [1.29, 1.82) is 0 Å². The highest BCUT2D eigenvalue weighted by molar-refractivity contribution is 7.90. The second-order valence-corrected chi connectivity index (χ2v) is 6.58. The molecule has 0 aliphatic heterocycles. The smallest absolute Gasteiger partial charge is 0.218 e. The van der Waals surface area contributed by atoms with Crippen molar-refractivity contribution in [1.82, 2.24) is 9.97 Å². The van der Waals surface area contributed by atoms with E-state index < -0.39 is 9.84 Å². The number of aromatic nitrogens is 2. The maximum atomic E-state index is 10.9. The van der Waals surface area contributed by atoms with Crippen LogP contribution < -0.4 is 10.1 Å². The van der Waals surface area contributed by atoms with E-state index in [4.69, 9.17) is 4.74 Å². The molecule has 7 heteroatoms. The molecule has 0 saturated heterocycles. The predicted octanol–water partition coefficient (Wildman–Crippen LogP) is 1.11. The molecule has 1 heterocycles. The van der Waals surface area contributed by atoms with Gasteiger partial charge in [0.05, 0.1) is 11.9 Å². The predicted molar refractivity (Wildman–Crippen MR) is 70.6 cm³/mol. The number of hydrogen-bond acceptors (Lipinski definition) is 6. The van der Waals surface area contributed by atoms with E-state index in [-0.39, 0.29) is 11.9 Å². The van der Waals surface area contributed by atoms with Gasteiger partial charge in [-0.15, -0.1) is 0 Å². The maximum Gasteiger partial charge on any atom is 0.218 e. The summed E-state index contributed by atoms with van der Waals surface area (Å²) in [6.45, 7) is 4.38. The number of sulfone groups is 1. The van der Waals surface area contributed by atoms with E-state index in [9.17, 15) is 8.42 Å². The van der Waals surface area contributed by atoms with Crippen molar-refractivity contribution < 1.29 is 13.2 Å². The highest BCUT2D eigenvalue weighted by Crippen LogP contribution is 2.12. The Morgan fingerprint density at radius 2 is 2.11 bits per heavy atom. The minimum absolute atomic E-state index is 0.0537. The van der Waals surface area contributed by atoms with E-state index in [1.54, 1.807) is 6.07 Å². The molecule has 18 heavy (non-hydrogen) atoms. The molecule has 0 saturated carbocycles. The van der Waals surface area contributed by atoms with E-state index in [1.165, 1.54) is 12.6 Å². The standard InChI is InChI=1S/C11H19N3O3S/c1-9(2)17-11-7-10(13-8-14-11)12-5-4-6-18(3,15)16/h7-9H,4-6H2,1-3H3,(H,12,13,14). The van der Waals surface area contributed by atoms with Gasteiger partial charge >= 0.3 is 0 Å². The van der Waals surface area contributed by atoms with Crippen molar-refractivity contribution in [3.8, 4) is 5.88 Å².